The number of benzene rings is 2. The third-order valence-electron chi connectivity index (χ3n) is 4.13. The molecule has 2 N–H and O–H groups in total. The number of nitrogens with zero attached hydrogens (tertiary/aromatic N) is 1. The summed E-state index contributed by atoms with van der Waals surface area (Å²) in [5.74, 6) is 0.910. The van der Waals surface area contributed by atoms with Crippen molar-refractivity contribution >= 4 is 5.69 Å². The Morgan fingerprint density at radius 2 is 2.05 bits per heavy atom. The molecule has 0 amide bonds. The molecule has 0 saturated heterocycles. The van der Waals surface area contributed by atoms with Gasteiger partial charge in [-0.3, -0.25) is 0 Å². The average Bonchev–Trinajstić information content (AvgIpc) is 2.68. The van der Waals surface area contributed by atoms with E-state index in [-0.39, 0.29) is 6.04 Å². The Kier molecular flexibility index (Phi) is 4.11. The lowest BCUT2D eigenvalue weighted by atomic mass is 10.0. The van der Waals surface area contributed by atoms with Crippen molar-refractivity contribution in [1.82, 2.24) is 0 Å². The van der Waals surface area contributed by atoms with Gasteiger partial charge < -0.3 is 15.4 Å². The molecule has 0 bridgehead atoms. The fourth-order valence-corrected chi connectivity index (χ4v) is 3.02. The third kappa shape index (κ3) is 3.03. The summed E-state index contributed by atoms with van der Waals surface area (Å²) in [6.07, 6.45) is 2.17. The number of para-hydroxylation sites is 1. The number of methoxy groups -OCH3 is 1. The number of fused-ring (bicyclic) bond motifs is 1. The van der Waals surface area contributed by atoms with Crippen LogP contribution in [0.15, 0.2) is 48.5 Å². The molecule has 3 nitrogen and oxygen atoms in total. The van der Waals surface area contributed by atoms with Gasteiger partial charge in [0.25, 0.3) is 0 Å². The first kappa shape index (κ1) is 14.0. The molecule has 110 valence electrons. The van der Waals surface area contributed by atoms with E-state index in [0.29, 0.717) is 0 Å². The number of anilines is 1. The van der Waals surface area contributed by atoms with Gasteiger partial charge in [-0.1, -0.05) is 30.3 Å². The van der Waals surface area contributed by atoms with E-state index in [4.69, 9.17) is 10.5 Å². The summed E-state index contributed by atoms with van der Waals surface area (Å²) in [6, 6.07) is 16.9. The predicted octanol–water partition coefficient (Wildman–Crippen LogP) is 3.50. The van der Waals surface area contributed by atoms with Crippen LogP contribution in [0.4, 0.5) is 5.69 Å². The Morgan fingerprint density at radius 1 is 1.19 bits per heavy atom. The maximum absolute atomic E-state index is 6.30. The van der Waals surface area contributed by atoms with Crippen LogP contribution >= 0.6 is 0 Å². The Labute approximate surface area is 126 Å². The van der Waals surface area contributed by atoms with Gasteiger partial charge in [-0.25, -0.2) is 0 Å². The molecule has 0 fully saturated rings. The molecule has 1 heterocycles. The second-order valence-electron chi connectivity index (χ2n) is 5.58. The third-order valence-corrected chi connectivity index (χ3v) is 4.13. The van der Waals surface area contributed by atoms with Crippen LogP contribution in [-0.4, -0.2) is 13.7 Å². The highest BCUT2D eigenvalue weighted by Crippen LogP contribution is 2.32. The van der Waals surface area contributed by atoms with Gasteiger partial charge in [0.05, 0.1) is 7.11 Å². The van der Waals surface area contributed by atoms with Gasteiger partial charge in [0.2, 0.25) is 0 Å². The second kappa shape index (κ2) is 6.19. The summed E-state index contributed by atoms with van der Waals surface area (Å²) in [6.45, 7) is 1.93. The summed E-state index contributed by atoms with van der Waals surface area (Å²) < 4.78 is 5.32. The van der Waals surface area contributed by atoms with Crippen LogP contribution in [0.1, 0.15) is 30.0 Å². The summed E-state index contributed by atoms with van der Waals surface area (Å²) in [7, 11) is 1.71. The molecule has 1 aliphatic heterocycles. The summed E-state index contributed by atoms with van der Waals surface area (Å²) in [4.78, 5) is 2.43. The molecule has 0 aromatic heterocycles. The molecule has 0 aliphatic carbocycles. The highest BCUT2D eigenvalue weighted by molar-refractivity contribution is 5.56. The zero-order valence-electron chi connectivity index (χ0n) is 12.5. The minimum absolute atomic E-state index is 0.150. The fraction of sp³-hybridized carbons (Fsp3) is 0.333. The van der Waals surface area contributed by atoms with Gasteiger partial charge in [-0.15, -0.1) is 0 Å². The molecule has 1 aliphatic rings. The zero-order chi connectivity index (χ0) is 14.7. The van der Waals surface area contributed by atoms with Gasteiger partial charge in [0, 0.05) is 24.8 Å². The van der Waals surface area contributed by atoms with Gasteiger partial charge in [0.1, 0.15) is 5.75 Å². The topological polar surface area (TPSA) is 38.5 Å². The van der Waals surface area contributed by atoms with E-state index in [0.717, 1.165) is 31.7 Å². The lowest BCUT2D eigenvalue weighted by Crippen LogP contribution is -2.23. The lowest BCUT2D eigenvalue weighted by Gasteiger charge is -2.25. The molecule has 21 heavy (non-hydrogen) atoms. The predicted molar refractivity (Wildman–Crippen MR) is 86.6 cm³/mol. The smallest absolute Gasteiger partial charge is 0.119 e. The van der Waals surface area contributed by atoms with Crippen molar-refractivity contribution in [2.75, 3.05) is 18.6 Å². The molecule has 0 spiro atoms. The molecule has 1 unspecified atom stereocenters. The van der Waals surface area contributed by atoms with Crippen LogP contribution in [0, 0.1) is 0 Å². The maximum Gasteiger partial charge on any atom is 0.119 e. The summed E-state index contributed by atoms with van der Waals surface area (Å²) in [5.41, 5.74) is 10.1. The standard InChI is InChI=1S/C18H22N2O/c1-21-15-7-4-6-14(12-15)13-20-11-5-9-17(19)16-8-2-3-10-18(16)20/h2-4,6-8,10,12,17H,5,9,11,13,19H2,1H3. The van der Waals surface area contributed by atoms with Crippen molar-refractivity contribution in [2.24, 2.45) is 5.73 Å². The lowest BCUT2D eigenvalue weighted by molar-refractivity contribution is 0.414. The van der Waals surface area contributed by atoms with Crippen molar-refractivity contribution < 1.29 is 4.74 Å². The van der Waals surface area contributed by atoms with Crippen LogP contribution in [0.2, 0.25) is 0 Å². The largest absolute Gasteiger partial charge is 0.497 e. The normalized spacial score (nSPS) is 18.0. The minimum atomic E-state index is 0.150. The Morgan fingerprint density at radius 3 is 2.90 bits per heavy atom. The van der Waals surface area contributed by atoms with E-state index in [1.165, 1.54) is 16.8 Å². The number of ether oxygens (including phenoxy) is 1. The summed E-state index contributed by atoms with van der Waals surface area (Å²) in [5, 5.41) is 0. The molecule has 2 aromatic carbocycles. The highest BCUT2D eigenvalue weighted by atomic mass is 16.5. The van der Waals surface area contributed by atoms with E-state index < -0.39 is 0 Å². The highest BCUT2D eigenvalue weighted by Gasteiger charge is 2.20. The van der Waals surface area contributed by atoms with Crippen molar-refractivity contribution in [3.63, 3.8) is 0 Å². The van der Waals surface area contributed by atoms with Crippen molar-refractivity contribution in [2.45, 2.75) is 25.4 Å². The number of rotatable bonds is 3. The Hall–Kier alpha value is -2.00. The van der Waals surface area contributed by atoms with Gasteiger partial charge in [-0.05, 0) is 42.2 Å². The van der Waals surface area contributed by atoms with Crippen molar-refractivity contribution in [1.29, 1.82) is 0 Å². The number of hydrogen-bond acceptors (Lipinski definition) is 3. The second-order valence-corrected chi connectivity index (χ2v) is 5.58. The van der Waals surface area contributed by atoms with E-state index in [1.54, 1.807) is 7.11 Å². The Balaban J connectivity index is 1.89. The maximum atomic E-state index is 6.30. The van der Waals surface area contributed by atoms with E-state index in [2.05, 4.69) is 41.3 Å². The quantitative estimate of drug-likeness (QED) is 0.936. The SMILES string of the molecule is COc1cccc(CN2CCCC(N)c3ccccc32)c1. The van der Waals surface area contributed by atoms with E-state index in [1.807, 2.05) is 12.1 Å². The molecular formula is C18H22N2O. The van der Waals surface area contributed by atoms with E-state index in [9.17, 15) is 0 Å². The number of nitrogens with two attached hydrogens (primary N) is 1. The van der Waals surface area contributed by atoms with Crippen LogP contribution in [0.5, 0.6) is 5.75 Å². The minimum Gasteiger partial charge on any atom is -0.497 e. The first-order valence-corrected chi connectivity index (χ1v) is 7.50. The van der Waals surface area contributed by atoms with Gasteiger partial charge in [0.15, 0.2) is 0 Å². The molecule has 2 aromatic rings. The van der Waals surface area contributed by atoms with Crippen molar-refractivity contribution in [3.8, 4) is 5.75 Å². The molecular weight excluding hydrogens is 260 g/mol. The first-order valence-electron chi connectivity index (χ1n) is 7.50. The molecule has 0 radical (unpaired) electrons. The molecule has 3 rings (SSSR count). The molecule has 1 atom stereocenters. The molecule has 3 heteroatoms. The number of hydrogen-bond donors (Lipinski definition) is 1. The van der Waals surface area contributed by atoms with E-state index >= 15 is 0 Å². The van der Waals surface area contributed by atoms with Gasteiger partial charge >= 0.3 is 0 Å². The van der Waals surface area contributed by atoms with Crippen LogP contribution in [-0.2, 0) is 6.54 Å². The van der Waals surface area contributed by atoms with Crippen LogP contribution < -0.4 is 15.4 Å². The monoisotopic (exact) mass is 282 g/mol. The summed E-state index contributed by atoms with van der Waals surface area (Å²) >= 11 is 0. The molecule has 0 saturated carbocycles. The zero-order valence-corrected chi connectivity index (χ0v) is 12.5. The Bertz CT molecular complexity index is 612. The first-order chi connectivity index (χ1) is 10.3. The van der Waals surface area contributed by atoms with Crippen LogP contribution in [0.25, 0.3) is 0 Å². The fourth-order valence-electron chi connectivity index (χ4n) is 3.02. The van der Waals surface area contributed by atoms with Crippen LogP contribution in [0.3, 0.4) is 0 Å². The van der Waals surface area contributed by atoms with Gasteiger partial charge in [-0.2, -0.15) is 0 Å². The van der Waals surface area contributed by atoms with Crippen molar-refractivity contribution in [3.05, 3.63) is 59.7 Å². The average molecular weight is 282 g/mol.